The van der Waals surface area contributed by atoms with Crippen LogP contribution in [0.2, 0.25) is 0 Å². The van der Waals surface area contributed by atoms with Gasteiger partial charge in [0, 0.05) is 16.6 Å². The van der Waals surface area contributed by atoms with Gasteiger partial charge in [-0.15, -0.1) is 0 Å². The second-order valence-electron chi connectivity index (χ2n) is 2.78. The molecule has 0 atom stereocenters. The summed E-state index contributed by atoms with van der Waals surface area (Å²) < 4.78 is 0.944. The molecule has 0 N–H and O–H groups in total. The van der Waals surface area contributed by atoms with Crippen LogP contribution in [0.3, 0.4) is 0 Å². The van der Waals surface area contributed by atoms with E-state index in [9.17, 15) is 10.1 Å². The van der Waals surface area contributed by atoms with Gasteiger partial charge in [-0.2, -0.15) is 0 Å². The number of benzene rings is 1. The van der Waals surface area contributed by atoms with Gasteiger partial charge in [0.1, 0.15) is 0 Å². The molecule has 0 saturated heterocycles. The Morgan fingerprint density at radius 2 is 2.23 bits per heavy atom. The molecule has 4 heteroatoms. The lowest BCUT2D eigenvalue weighted by Crippen LogP contribution is -1.91. The topological polar surface area (TPSA) is 43.1 Å². The van der Waals surface area contributed by atoms with Crippen molar-refractivity contribution in [1.29, 1.82) is 0 Å². The molecule has 0 saturated carbocycles. The zero-order valence-corrected chi connectivity index (χ0v) is 8.87. The standard InChI is InChI=1S/C9H10BrNO2/c1-2-3-7-6-8(11(12)13)4-5-9(7)10/h4-6H,2-3H2,1H3. The maximum Gasteiger partial charge on any atom is 0.269 e. The quantitative estimate of drug-likeness (QED) is 0.604. The number of hydrogen-bond acceptors (Lipinski definition) is 2. The van der Waals surface area contributed by atoms with Crippen molar-refractivity contribution < 1.29 is 4.92 Å². The molecule has 3 nitrogen and oxygen atoms in total. The maximum atomic E-state index is 10.5. The molecule has 0 bridgehead atoms. The van der Waals surface area contributed by atoms with Crippen molar-refractivity contribution in [1.82, 2.24) is 0 Å². The van der Waals surface area contributed by atoms with Crippen LogP contribution in [0.5, 0.6) is 0 Å². The van der Waals surface area contributed by atoms with Crippen LogP contribution in [0.4, 0.5) is 5.69 Å². The number of aryl methyl sites for hydroxylation is 1. The first-order valence-corrected chi connectivity index (χ1v) is 4.87. The molecular formula is C9H10BrNO2. The summed E-state index contributed by atoms with van der Waals surface area (Å²) in [6.45, 7) is 2.05. The number of nitro groups is 1. The number of rotatable bonds is 3. The van der Waals surface area contributed by atoms with Gasteiger partial charge in [-0.1, -0.05) is 29.3 Å². The fourth-order valence-electron chi connectivity index (χ4n) is 1.14. The third-order valence-corrected chi connectivity index (χ3v) is 2.53. The normalized spacial score (nSPS) is 10.0. The molecule has 0 aromatic heterocycles. The van der Waals surface area contributed by atoms with E-state index in [-0.39, 0.29) is 10.6 Å². The van der Waals surface area contributed by atoms with E-state index in [0.29, 0.717) is 0 Å². The highest BCUT2D eigenvalue weighted by Crippen LogP contribution is 2.23. The predicted molar refractivity (Wildman–Crippen MR) is 54.8 cm³/mol. The van der Waals surface area contributed by atoms with E-state index in [0.717, 1.165) is 22.9 Å². The average Bonchev–Trinajstić information content (AvgIpc) is 2.08. The molecule has 0 aliphatic heterocycles. The molecule has 0 unspecified atom stereocenters. The molecule has 0 spiro atoms. The van der Waals surface area contributed by atoms with Crippen LogP contribution in [0.15, 0.2) is 22.7 Å². The van der Waals surface area contributed by atoms with Gasteiger partial charge in [0.2, 0.25) is 0 Å². The van der Waals surface area contributed by atoms with E-state index in [1.54, 1.807) is 12.1 Å². The molecule has 0 aliphatic carbocycles. The van der Waals surface area contributed by atoms with E-state index in [1.807, 2.05) is 6.92 Å². The first-order chi connectivity index (χ1) is 6.15. The van der Waals surface area contributed by atoms with Crippen LogP contribution in [-0.2, 0) is 6.42 Å². The lowest BCUT2D eigenvalue weighted by molar-refractivity contribution is -0.384. The summed E-state index contributed by atoms with van der Waals surface area (Å²) in [5, 5.41) is 10.5. The van der Waals surface area contributed by atoms with Crippen LogP contribution < -0.4 is 0 Å². The molecular weight excluding hydrogens is 234 g/mol. The van der Waals surface area contributed by atoms with Gasteiger partial charge in [-0.3, -0.25) is 10.1 Å². The Morgan fingerprint density at radius 3 is 2.77 bits per heavy atom. The van der Waals surface area contributed by atoms with Crippen molar-refractivity contribution in [2.45, 2.75) is 19.8 Å². The zero-order chi connectivity index (χ0) is 9.84. The molecule has 0 amide bonds. The Hall–Kier alpha value is -0.900. The van der Waals surface area contributed by atoms with E-state index >= 15 is 0 Å². The highest BCUT2D eigenvalue weighted by molar-refractivity contribution is 9.10. The molecule has 1 aromatic rings. The molecule has 0 radical (unpaired) electrons. The lowest BCUT2D eigenvalue weighted by atomic mass is 10.1. The number of non-ortho nitro benzene ring substituents is 1. The van der Waals surface area contributed by atoms with Crippen molar-refractivity contribution in [3.63, 3.8) is 0 Å². The summed E-state index contributed by atoms with van der Waals surface area (Å²) in [5.74, 6) is 0. The monoisotopic (exact) mass is 243 g/mol. The molecule has 70 valence electrons. The Balaban J connectivity index is 3.03. The van der Waals surface area contributed by atoms with E-state index < -0.39 is 0 Å². The van der Waals surface area contributed by atoms with Crippen LogP contribution >= 0.6 is 15.9 Å². The highest BCUT2D eigenvalue weighted by Gasteiger charge is 2.08. The number of nitro benzene ring substituents is 1. The van der Waals surface area contributed by atoms with Gasteiger partial charge in [0.05, 0.1) is 4.92 Å². The molecule has 0 aliphatic rings. The summed E-state index contributed by atoms with van der Waals surface area (Å²) in [6.07, 6.45) is 1.85. The van der Waals surface area contributed by atoms with Crippen molar-refractivity contribution >= 4 is 21.6 Å². The molecule has 0 heterocycles. The van der Waals surface area contributed by atoms with Crippen molar-refractivity contribution in [3.05, 3.63) is 38.3 Å². The second kappa shape index (κ2) is 4.37. The first kappa shape index (κ1) is 10.2. The van der Waals surface area contributed by atoms with Crippen LogP contribution in [0, 0.1) is 10.1 Å². The average molecular weight is 244 g/mol. The maximum absolute atomic E-state index is 10.5. The zero-order valence-electron chi connectivity index (χ0n) is 7.29. The lowest BCUT2D eigenvalue weighted by Gasteiger charge is -2.01. The van der Waals surface area contributed by atoms with Crippen LogP contribution in [0.1, 0.15) is 18.9 Å². The van der Waals surface area contributed by atoms with Crippen LogP contribution in [-0.4, -0.2) is 4.92 Å². The summed E-state index contributed by atoms with van der Waals surface area (Å²) in [6, 6.07) is 4.85. The minimum Gasteiger partial charge on any atom is -0.258 e. The summed E-state index contributed by atoms with van der Waals surface area (Å²) in [7, 11) is 0. The largest absolute Gasteiger partial charge is 0.269 e. The SMILES string of the molecule is CCCc1cc([N+](=O)[O-])ccc1Br. The second-order valence-corrected chi connectivity index (χ2v) is 3.64. The molecule has 1 aromatic carbocycles. The molecule has 13 heavy (non-hydrogen) atoms. The molecule has 1 rings (SSSR count). The highest BCUT2D eigenvalue weighted by atomic mass is 79.9. The third kappa shape index (κ3) is 2.52. The number of nitrogens with zero attached hydrogens (tertiary/aromatic N) is 1. The summed E-state index contributed by atoms with van der Waals surface area (Å²) in [5.41, 5.74) is 1.16. The number of hydrogen-bond donors (Lipinski definition) is 0. The van der Waals surface area contributed by atoms with Gasteiger partial charge in [-0.25, -0.2) is 0 Å². The van der Waals surface area contributed by atoms with Crippen molar-refractivity contribution in [2.24, 2.45) is 0 Å². The van der Waals surface area contributed by atoms with Gasteiger partial charge < -0.3 is 0 Å². The van der Waals surface area contributed by atoms with E-state index in [2.05, 4.69) is 15.9 Å². The third-order valence-electron chi connectivity index (χ3n) is 1.76. The molecule has 0 fully saturated rings. The van der Waals surface area contributed by atoms with E-state index in [4.69, 9.17) is 0 Å². The minimum absolute atomic E-state index is 0.159. The first-order valence-electron chi connectivity index (χ1n) is 4.08. The fourth-order valence-corrected chi connectivity index (χ4v) is 1.58. The van der Waals surface area contributed by atoms with Crippen LogP contribution in [0.25, 0.3) is 0 Å². The van der Waals surface area contributed by atoms with Crippen molar-refractivity contribution in [3.8, 4) is 0 Å². The van der Waals surface area contributed by atoms with Gasteiger partial charge in [-0.05, 0) is 18.1 Å². The number of halogens is 1. The summed E-state index contributed by atoms with van der Waals surface area (Å²) >= 11 is 3.36. The van der Waals surface area contributed by atoms with Gasteiger partial charge in [0.15, 0.2) is 0 Å². The van der Waals surface area contributed by atoms with Gasteiger partial charge >= 0.3 is 0 Å². The van der Waals surface area contributed by atoms with E-state index in [1.165, 1.54) is 6.07 Å². The Bertz CT molecular complexity index is 325. The predicted octanol–water partition coefficient (Wildman–Crippen LogP) is 3.31. The Morgan fingerprint density at radius 1 is 1.54 bits per heavy atom. The van der Waals surface area contributed by atoms with Gasteiger partial charge in [0.25, 0.3) is 5.69 Å². The van der Waals surface area contributed by atoms with Crippen molar-refractivity contribution in [2.75, 3.05) is 0 Å². The minimum atomic E-state index is -0.369. The Labute approximate surface area is 85.0 Å². The Kier molecular flexibility index (Phi) is 3.42. The summed E-state index contributed by atoms with van der Waals surface area (Å²) in [4.78, 5) is 10.1. The fraction of sp³-hybridized carbons (Fsp3) is 0.333. The smallest absolute Gasteiger partial charge is 0.258 e.